The van der Waals surface area contributed by atoms with Crippen LogP contribution in [0, 0.1) is 0 Å². The van der Waals surface area contributed by atoms with Gasteiger partial charge in [0, 0.05) is 0 Å². The van der Waals surface area contributed by atoms with Crippen LogP contribution in [0.1, 0.15) is 18.4 Å². The average Bonchev–Trinajstić information content (AvgIpc) is 2.86. The van der Waals surface area contributed by atoms with Crippen molar-refractivity contribution in [1.29, 1.82) is 0 Å². The van der Waals surface area contributed by atoms with Crippen LogP contribution in [-0.2, 0) is 10.2 Å². The summed E-state index contributed by atoms with van der Waals surface area (Å²) in [5, 5.41) is 9.03. The Bertz CT molecular complexity index is 343. The molecule has 0 atom stereocenters. The van der Waals surface area contributed by atoms with Crippen molar-refractivity contribution in [3.05, 3.63) is 29.8 Å². The second-order valence-corrected chi connectivity index (χ2v) is 3.75. The molecule has 0 radical (unpaired) electrons. The number of carboxylic acid groups (broad SMARTS) is 1. The van der Waals surface area contributed by atoms with E-state index >= 15 is 0 Å². The van der Waals surface area contributed by atoms with Gasteiger partial charge < -0.3 is 16.1 Å². The molecule has 82 valence electrons. The molecule has 1 fully saturated rings. The van der Waals surface area contributed by atoms with Crippen molar-refractivity contribution < 1.29 is 20.9 Å². The summed E-state index contributed by atoms with van der Waals surface area (Å²) in [6.07, 6.45) is 1.57. The highest BCUT2D eigenvalue weighted by Gasteiger charge is 2.51. The van der Waals surface area contributed by atoms with Crippen LogP contribution in [0.4, 0.5) is 0 Å². The van der Waals surface area contributed by atoms with Crippen LogP contribution in [-0.4, -0.2) is 29.9 Å². The molecule has 15 heavy (non-hydrogen) atoms. The quantitative estimate of drug-likeness (QED) is 0.595. The van der Waals surface area contributed by atoms with E-state index < -0.39 is 11.4 Å². The Labute approximate surface area is 89.0 Å². The Kier molecular flexibility index (Phi) is 4.07. The van der Waals surface area contributed by atoms with Gasteiger partial charge in [0.1, 0.15) is 7.85 Å². The Balaban J connectivity index is 0.000000980. The second kappa shape index (κ2) is 4.46. The molecule has 1 aromatic rings. The summed E-state index contributed by atoms with van der Waals surface area (Å²) >= 11 is 0. The molecular weight excluding hydrogens is 195 g/mol. The molecule has 1 aliphatic rings. The van der Waals surface area contributed by atoms with Crippen LogP contribution in [0.5, 0.6) is 0 Å². The molecule has 1 aromatic carbocycles. The van der Waals surface area contributed by atoms with E-state index in [4.69, 9.17) is 5.11 Å². The minimum absolute atomic E-state index is 0. The lowest BCUT2D eigenvalue weighted by Gasteiger charge is -2.09. The molecule has 0 saturated heterocycles. The van der Waals surface area contributed by atoms with E-state index in [0.717, 1.165) is 18.4 Å². The van der Waals surface area contributed by atoms with Crippen LogP contribution in [0.15, 0.2) is 24.3 Å². The predicted octanol–water partition coefficient (Wildman–Crippen LogP) is -1.59. The Hall–Kier alpha value is -1.33. The minimum atomic E-state index is -0.684. The van der Waals surface area contributed by atoms with Crippen molar-refractivity contribution in [2.75, 3.05) is 0 Å². The Morgan fingerprint density at radius 2 is 1.67 bits per heavy atom. The second-order valence-electron chi connectivity index (χ2n) is 3.75. The van der Waals surface area contributed by atoms with Crippen LogP contribution >= 0.6 is 0 Å². The van der Waals surface area contributed by atoms with Gasteiger partial charge in [-0.05, 0) is 18.4 Å². The number of carbonyl (C=O) groups is 1. The third kappa shape index (κ3) is 2.19. The lowest BCUT2D eigenvalue weighted by atomic mass is 9.90. The summed E-state index contributed by atoms with van der Waals surface area (Å²) in [6.45, 7) is 0. The van der Waals surface area contributed by atoms with E-state index in [0.29, 0.717) is 0 Å². The third-order valence-electron chi connectivity index (χ3n) is 2.76. The number of rotatable bonds is 2. The van der Waals surface area contributed by atoms with Crippen LogP contribution < -0.4 is 5.46 Å². The normalized spacial score (nSPS) is 15.7. The number of benzene rings is 1. The first-order valence-electron chi connectivity index (χ1n) is 4.46. The smallest absolute Gasteiger partial charge is 0.314 e. The predicted molar refractivity (Wildman–Crippen MR) is 60.4 cm³/mol. The van der Waals surface area contributed by atoms with Gasteiger partial charge in [0.15, 0.2) is 0 Å². The zero-order valence-electron chi connectivity index (χ0n) is 8.58. The Morgan fingerprint density at radius 3 is 2.00 bits per heavy atom. The molecule has 0 amide bonds. The maximum Gasteiger partial charge on any atom is 0.314 e. The number of hydrogen-bond acceptors (Lipinski definition) is 1. The summed E-state index contributed by atoms with van der Waals surface area (Å²) in [4.78, 5) is 11.0. The average molecular weight is 210 g/mol. The standard InChI is InChI=1S/C10H11BO2.2H2O/c11-8-3-1-7(2-4-8)10(5-6-10)9(12)13;;/h1-4H,5-6,11H2,(H,12,13);2*1H2. The van der Waals surface area contributed by atoms with Gasteiger partial charge in [0.25, 0.3) is 0 Å². The summed E-state index contributed by atoms with van der Waals surface area (Å²) in [6, 6.07) is 7.80. The molecule has 5 heteroatoms. The fourth-order valence-electron chi connectivity index (χ4n) is 1.62. The zero-order chi connectivity index (χ0) is 9.47. The third-order valence-corrected chi connectivity index (χ3v) is 2.76. The molecule has 0 bridgehead atoms. The van der Waals surface area contributed by atoms with Gasteiger partial charge in [-0.1, -0.05) is 29.7 Å². The van der Waals surface area contributed by atoms with Crippen molar-refractivity contribution in [3.8, 4) is 0 Å². The fraction of sp³-hybridized carbons (Fsp3) is 0.300. The van der Waals surface area contributed by atoms with Crippen LogP contribution in [0.3, 0.4) is 0 Å². The van der Waals surface area contributed by atoms with Gasteiger partial charge in [0.05, 0.1) is 5.41 Å². The van der Waals surface area contributed by atoms with E-state index in [9.17, 15) is 4.79 Å². The molecule has 1 saturated carbocycles. The van der Waals surface area contributed by atoms with E-state index in [1.54, 1.807) is 0 Å². The monoisotopic (exact) mass is 210 g/mol. The van der Waals surface area contributed by atoms with Gasteiger partial charge in [-0.25, -0.2) is 0 Å². The zero-order valence-corrected chi connectivity index (χ0v) is 8.58. The van der Waals surface area contributed by atoms with Crippen LogP contribution in [0.25, 0.3) is 0 Å². The first kappa shape index (κ1) is 13.7. The summed E-state index contributed by atoms with van der Waals surface area (Å²) in [5.41, 5.74) is 1.57. The maximum absolute atomic E-state index is 11.0. The molecule has 0 aromatic heterocycles. The van der Waals surface area contributed by atoms with Crippen LogP contribution in [0.2, 0.25) is 0 Å². The largest absolute Gasteiger partial charge is 0.481 e. The molecule has 0 unspecified atom stereocenters. The van der Waals surface area contributed by atoms with Gasteiger partial charge in [-0.15, -0.1) is 0 Å². The highest BCUT2D eigenvalue weighted by atomic mass is 16.4. The lowest BCUT2D eigenvalue weighted by molar-refractivity contribution is -0.140. The highest BCUT2D eigenvalue weighted by Crippen LogP contribution is 2.48. The lowest BCUT2D eigenvalue weighted by Crippen LogP contribution is -2.20. The summed E-state index contributed by atoms with van der Waals surface area (Å²) < 4.78 is 0. The topological polar surface area (TPSA) is 100 Å². The Morgan fingerprint density at radius 1 is 1.20 bits per heavy atom. The number of aliphatic carboxylic acids is 1. The molecule has 5 N–H and O–H groups in total. The molecule has 1 aliphatic carbocycles. The van der Waals surface area contributed by atoms with Crippen molar-refractivity contribution in [2.45, 2.75) is 18.3 Å². The molecule has 4 nitrogen and oxygen atoms in total. The first-order chi connectivity index (χ1) is 6.15. The molecule has 0 heterocycles. The molecule has 2 rings (SSSR count). The van der Waals surface area contributed by atoms with Crippen molar-refractivity contribution >= 4 is 19.3 Å². The van der Waals surface area contributed by atoms with Crippen molar-refractivity contribution in [2.24, 2.45) is 0 Å². The van der Waals surface area contributed by atoms with E-state index in [2.05, 4.69) is 0 Å². The minimum Gasteiger partial charge on any atom is -0.481 e. The molecule has 0 spiro atoms. The van der Waals surface area contributed by atoms with E-state index in [1.807, 2.05) is 32.1 Å². The van der Waals surface area contributed by atoms with Crippen molar-refractivity contribution in [3.63, 3.8) is 0 Å². The van der Waals surface area contributed by atoms with Gasteiger partial charge in [0.2, 0.25) is 0 Å². The van der Waals surface area contributed by atoms with Gasteiger partial charge >= 0.3 is 5.97 Å². The number of hydrogen-bond donors (Lipinski definition) is 1. The molecular formula is C10H15BO4. The molecule has 0 aliphatic heterocycles. The maximum atomic E-state index is 11.0. The number of carboxylic acids is 1. The fourth-order valence-corrected chi connectivity index (χ4v) is 1.62. The van der Waals surface area contributed by atoms with E-state index in [1.165, 1.54) is 5.46 Å². The van der Waals surface area contributed by atoms with E-state index in [-0.39, 0.29) is 11.0 Å². The summed E-state index contributed by atoms with van der Waals surface area (Å²) in [5.74, 6) is -0.684. The summed E-state index contributed by atoms with van der Waals surface area (Å²) in [7, 11) is 2.00. The first-order valence-corrected chi connectivity index (χ1v) is 4.46. The van der Waals surface area contributed by atoms with Gasteiger partial charge in [-0.3, -0.25) is 4.79 Å². The SMILES string of the molecule is Bc1ccc(C2(C(=O)O)CC2)cc1.O.O. The van der Waals surface area contributed by atoms with Gasteiger partial charge in [-0.2, -0.15) is 0 Å². The van der Waals surface area contributed by atoms with Crippen molar-refractivity contribution in [1.82, 2.24) is 0 Å². The highest BCUT2D eigenvalue weighted by molar-refractivity contribution is 6.32.